The van der Waals surface area contributed by atoms with Gasteiger partial charge in [0.05, 0.1) is 0 Å². The molecule has 13 heavy (non-hydrogen) atoms. The van der Waals surface area contributed by atoms with Crippen LogP contribution in [-0.2, 0) is 6.42 Å². The molecule has 1 aromatic heterocycles. The van der Waals surface area contributed by atoms with Gasteiger partial charge in [-0.15, -0.1) is 0 Å². The van der Waals surface area contributed by atoms with E-state index in [4.69, 9.17) is 5.21 Å². The van der Waals surface area contributed by atoms with Gasteiger partial charge in [0.1, 0.15) is 0 Å². The van der Waals surface area contributed by atoms with Crippen molar-refractivity contribution in [3.63, 3.8) is 0 Å². The van der Waals surface area contributed by atoms with Gasteiger partial charge in [-0.25, -0.2) is 5.48 Å². The van der Waals surface area contributed by atoms with E-state index in [1.807, 2.05) is 13.8 Å². The lowest BCUT2D eigenvalue weighted by atomic mass is 10.1. The Hall–Kier alpha value is -1.42. The number of amides is 1. The Morgan fingerprint density at radius 1 is 1.62 bits per heavy atom. The monoisotopic (exact) mass is 180 g/mol. The molecule has 0 atom stereocenters. The average molecular weight is 180 g/mol. The van der Waals surface area contributed by atoms with Crippen LogP contribution in [0.3, 0.4) is 0 Å². The third-order valence-corrected chi connectivity index (χ3v) is 1.73. The van der Waals surface area contributed by atoms with Crippen LogP contribution in [0.15, 0.2) is 12.1 Å². The number of nitrogens with one attached hydrogen (secondary N) is 1. The Morgan fingerprint density at radius 2 is 2.31 bits per heavy atom. The molecule has 0 aliphatic rings. The molecule has 1 amide bonds. The summed E-state index contributed by atoms with van der Waals surface area (Å²) >= 11 is 0. The third kappa shape index (κ3) is 2.26. The van der Waals surface area contributed by atoms with Crippen molar-refractivity contribution in [1.82, 2.24) is 10.5 Å². The van der Waals surface area contributed by atoms with E-state index in [1.54, 1.807) is 17.6 Å². The van der Waals surface area contributed by atoms with E-state index in [0.717, 1.165) is 17.8 Å². The molecule has 0 saturated heterocycles. The van der Waals surface area contributed by atoms with Crippen molar-refractivity contribution in [1.29, 1.82) is 0 Å². The Balaban J connectivity index is 3.08. The minimum Gasteiger partial charge on any atom is -0.288 e. The molecule has 0 fully saturated rings. The molecule has 4 nitrogen and oxygen atoms in total. The van der Waals surface area contributed by atoms with Crippen molar-refractivity contribution in [2.24, 2.45) is 0 Å². The number of nitrogens with zero attached hydrogens (tertiary/aromatic N) is 1. The van der Waals surface area contributed by atoms with E-state index >= 15 is 0 Å². The molecule has 0 spiro atoms. The topological polar surface area (TPSA) is 62.2 Å². The van der Waals surface area contributed by atoms with Crippen LogP contribution in [-0.4, -0.2) is 16.1 Å². The van der Waals surface area contributed by atoms with Gasteiger partial charge in [-0.05, 0) is 25.5 Å². The number of hydroxylamine groups is 1. The molecule has 4 heteroatoms. The smallest absolute Gasteiger partial charge is 0.274 e. The summed E-state index contributed by atoms with van der Waals surface area (Å²) in [5.74, 6) is -0.500. The van der Waals surface area contributed by atoms with Crippen molar-refractivity contribution >= 4 is 5.91 Å². The molecular weight excluding hydrogens is 168 g/mol. The third-order valence-electron chi connectivity index (χ3n) is 1.73. The van der Waals surface area contributed by atoms with E-state index in [1.165, 1.54) is 0 Å². The molecule has 0 aliphatic heterocycles. The fourth-order valence-corrected chi connectivity index (χ4v) is 1.11. The molecule has 0 unspecified atom stereocenters. The van der Waals surface area contributed by atoms with Crippen molar-refractivity contribution < 1.29 is 10.0 Å². The summed E-state index contributed by atoms with van der Waals surface area (Å²) in [6.07, 6.45) is 0.771. The lowest BCUT2D eigenvalue weighted by Gasteiger charge is -2.03. The standard InChI is InChI=1S/C9H12N2O2/c1-3-8-5-7(9(12)11-13)4-6(2)10-8/h4-5,13H,3H2,1-2H3,(H,11,12). The lowest BCUT2D eigenvalue weighted by molar-refractivity contribution is 0.0706. The minimum atomic E-state index is -0.500. The highest BCUT2D eigenvalue weighted by Gasteiger charge is 2.05. The normalized spacial score (nSPS) is 9.77. The number of aromatic nitrogens is 1. The zero-order valence-corrected chi connectivity index (χ0v) is 7.66. The molecule has 0 radical (unpaired) electrons. The Morgan fingerprint density at radius 3 is 2.85 bits per heavy atom. The number of hydrogen-bond acceptors (Lipinski definition) is 3. The highest BCUT2D eigenvalue weighted by molar-refractivity contribution is 5.93. The van der Waals surface area contributed by atoms with Gasteiger partial charge in [-0.3, -0.25) is 15.0 Å². The van der Waals surface area contributed by atoms with Gasteiger partial charge in [-0.2, -0.15) is 0 Å². The zero-order valence-electron chi connectivity index (χ0n) is 7.66. The quantitative estimate of drug-likeness (QED) is 0.528. The van der Waals surface area contributed by atoms with Crippen LogP contribution in [0.5, 0.6) is 0 Å². The van der Waals surface area contributed by atoms with Gasteiger partial charge in [-0.1, -0.05) is 6.92 Å². The number of hydrogen-bond donors (Lipinski definition) is 2. The average Bonchev–Trinajstić information content (AvgIpc) is 2.15. The first-order valence-corrected chi connectivity index (χ1v) is 4.09. The molecule has 0 saturated carbocycles. The van der Waals surface area contributed by atoms with Crippen molar-refractivity contribution in [2.45, 2.75) is 20.3 Å². The Kier molecular flexibility index (Phi) is 2.97. The van der Waals surface area contributed by atoms with Gasteiger partial charge >= 0.3 is 0 Å². The zero-order chi connectivity index (χ0) is 9.84. The molecule has 70 valence electrons. The fourth-order valence-electron chi connectivity index (χ4n) is 1.11. The van der Waals surface area contributed by atoms with Crippen LogP contribution >= 0.6 is 0 Å². The number of carbonyl (C=O) groups is 1. The summed E-state index contributed by atoms with van der Waals surface area (Å²) in [6.45, 7) is 3.77. The van der Waals surface area contributed by atoms with E-state index in [-0.39, 0.29) is 0 Å². The Bertz CT molecular complexity index is 323. The summed E-state index contributed by atoms with van der Waals surface area (Å²) in [6, 6.07) is 3.29. The van der Waals surface area contributed by atoms with Crippen LogP contribution in [0.4, 0.5) is 0 Å². The second-order valence-corrected chi connectivity index (χ2v) is 2.78. The van der Waals surface area contributed by atoms with Gasteiger partial charge in [0, 0.05) is 17.0 Å². The fraction of sp³-hybridized carbons (Fsp3) is 0.333. The molecular formula is C9H12N2O2. The SMILES string of the molecule is CCc1cc(C(=O)NO)cc(C)n1. The van der Waals surface area contributed by atoms with Gasteiger partial charge < -0.3 is 0 Å². The second kappa shape index (κ2) is 4.00. The predicted molar refractivity (Wildman–Crippen MR) is 47.6 cm³/mol. The highest BCUT2D eigenvalue weighted by atomic mass is 16.5. The van der Waals surface area contributed by atoms with Gasteiger partial charge in [0.25, 0.3) is 5.91 Å². The Labute approximate surface area is 76.6 Å². The largest absolute Gasteiger partial charge is 0.288 e. The maximum absolute atomic E-state index is 11.0. The van der Waals surface area contributed by atoms with Gasteiger partial charge in [0.15, 0.2) is 0 Å². The van der Waals surface area contributed by atoms with Crippen LogP contribution in [0.25, 0.3) is 0 Å². The summed E-state index contributed by atoms with van der Waals surface area (Å²) in [5.41, 5.74) is 3.65. The first kappa shape index (κ1) is 9.67. The first-order chi connectivity index (χ1) is 6.17. The molecule has 0 aromatic carbocycles. The molecule has 0 aliphatic carbocycles. The van der Waals surface area contributed by atoms with Crippen LogP contribution < -0.4 is 5.48 Å². The van der Waals surface area contributed by atoms with Gasteiger partial charge in [0.2, 0.25) is 0 Å². The van der Waals surface area contributed by atoms with Crippen molar-refractivity contribution in [3.8, 4) is 0 Å². The molecule has 2 N–H and O–H groups in total. The summed E-state index contributed by atoms with van der Waals surface area (Å²) < 4.78 is 0. The maximum atomic E-state index is 11.0. The van der Waals surface area contributed by atoms with Crippen LogP contribution in [0.1, 0.15) is 28.7 Å². The summed E-state index contributed by atoms with van der Waals surface area (Å²) in [4.78, 5) is 15.3. The number of pyridine rings is 1. The van der Waals surface area contributed by atoms with Crippen LogP contribution in [0, 0.1) is 6.92 Å². The molecule has 1 aromatic rings. The van der Waals surface area contributed by atoms with E-state index in [9.17, 15) is 4.79 Å². The summed E-state index contributed by atoms with van der Waals surface area (Å²) in [5, 5.41) is 8.42. The van der Waals surface area contributed by atoms with E-state index in [2.05, 4.69) is 4.98 Å². The molecule has 1 heterocycles. The maximum Gasteiger partial charge on any atom is 0.274 e. The highest BCUT2D eigenvalue weighted by Crippen LogP contribution is 2.05. The molecule has 0 bridgehead atoms. The predicted octanol–water partition coefficient (Wildman–Crippen LogP) is 1.07. The first-order valence-electron chi connectivity index (χ1n) is 4.09. The van der Waals surface area contributed by atoms with E-state index < -0.39 is 5.91 Å². The number of rotatable bonds is 2. The second-order valence-electron chi connectivity index (χ2n) is 2.78. The number of aryl methyl sites for hydroxylation is 2. The minimum absolute atomic E-state index is 0.437. The molecule has 1 rings (SSSR count). The van der Waals surface area contributed by atoms with Crippen LogP contribution in [0.2, 0.25) is 0 Å². The lowest BCUT2D eigenvalue weighted by Crippen LogP contribution is -2.19. The van der Waals surface area contributed by atoms with E-state index in [0.29, 0.717) is 5.56 Å². The van der Waals surface area contributed by atoms with Crippen molar-refractivity contribution in [3.05, 3.63) is 29.1 Å². The summed E-state index contributed by atoms with van der Waals surface area (Å²) in [7, 11) is 0. The number of carbonyl (C=O) groups excluding carboxylic acids is 1. The van der Waals surface area contributed by atoms with Crippen molar-refractivity contribution in [2.75, 3.05) is 0 Å².